The zero-order chi connectivity index (χ0) is 11.6. The fourth-order valence-corrected chi connectivity index (χ4v) is 1.17. The summed E-state index contributed by atoms with van der Waals surface area (Å²) in [5, 5.41) is 0. The molecule has 0 radical (unpaired) electrons. The number of primary amides is 1. The maximum absolute atomic E-state index is 13.4. The third-order valence-corrected chi connectivity index (χ3v) is 1.90. The van der Waals surface area contributed by atoms with E-state index in [1.54, 1.807) is 0 Å². The lowest BCUT2D eigenvalue weighted by Crippen LogP contribution is -2.27. The fraction of sp³-hybridized carbons (Fsp3) is 0.200. The van der Waals surface area contributed by atoms with Crippen LogP contribution in [0.25, 0.3) is 0 Å². The van der Waals surface area contributed by atoms with E-state index in [0.29, 0.717) is 0 Å². The monoisotopic (exact) mass is 210 g/mol. The van der Waals surface area contributed by atoms with Crippen molar-refractivity contribution in [3.63, 3.8) is 0 Å². The number of halogens is 1. The van der Waals surface area contributed by atoms with Crippen LogP contribution >= 0.6 is 0 Å². The molecular weight excluding hydrogens is 199 g/mol. The number of benzene rings is 1. The summed E-state index contributed by atoms with van der Waals surface area (Å²) in [7, 11) is 2.94. The Balaban J connectivity index is 3.37. The van der Waals surface area contributed by atoms with Crippen LogP contribution in [0.1, 0.15) is 20.7 Å². The quantitative estimate of drug-likeness (QED) is 0.778. The topological polar surface area (TPSA) is 63.4 Å². The van der Waals surface area contributed by atoms with Crippen molar-refractivity contribution in [1.82, 2.24) is 4.90 Å². The van der Waals surface area contributed by atoms with Crippen LogP contribution in [0.2, 0.25) is 0 Å². The van der Waals surface area contributed by atoms with Crippen LogP contribution in [-0.2, 0) is 0 Å². The molecule has 0 unspecified atom stereocenters. The Morgan fingerprint density at radius 3 is 2.40 bits per heavy atom. The number of hydrogen-bond acceptors (Lipinski definition) is 2. The third-order valence-electron chi connectivity index (χ3n) is 1.90. The van der Waals surface area contributed by atoms with Crippen molar-refractivity contribution in [3.8, 4) is 0 Å². The average molecular weight is 210 g/mol. The van der Waals surface area contributed by atoms with E-state index in [-0.39, 0.29) is 11.1 Å². The molecule has 0 saturated heterocycles. The lowest BCUT2D eigenvalue weighted by atomic mass is 10.1. The first-order valence-electron chi connectivity index (χ1n) is 4.25. The van der Waals surface area contributed by atoms with Gasteiger partial charge < -0.3 is 10.6 Å². The Bertz CT molecular complexity index is 416. The van der Waals surface area contributed by atoms with Gasteiger partial charge in [-0.25, -0.2) is 4.39 Å². The molecule has 0 aliphatic rings. The number of rotatable bonds is 2. The minimum Gasteiger partial charge on any atom is -0.366 e. The molecule has 0 aliphatic carbocycles. The van der Waals surface area contributed by atoms with Gasteiger partial charge in [0.15, 0.2) is 0 Å². The SMILES string of the molecule is CN(C)C(=O)c1c(F)cccc1C(N)=O. The zero-order valence-electron chi connectivity index (χ0n) is 8.45. The van der Waals surface area contributed by atoms with Gasteiger partial charge in [0, 0.05) is 14.1 Å². The molecule has 0 atom stereocenters. The Morgan fingerprint density at radius 1 is 1.33 bits per heavy atom. The van der Waals surface area contributed by atoms with Crippen LogP contribution in [0, 0.1) is 5.82 Å². The molecule has 2 amide bonds. The van der Waals surface area contributed by atoms with Crippen molar-refractivity contribution in [2.24, 2.45) is 5.73 Å². The van der Waals surface area contributed by atoms with Crippen molar-refractivity contribution in [1.29, 1.82) is 0 Å². The fourth-order valence-electron chi connectivity index (χ4n) is 1.17. The van der Waals surface area contributed by atoms with Gasteiger partial charge in [0.25, 0.3) is 5.91 Å². The molecule has 0 saturated carbocycles. The summed E-state index contributed by atoms with van der Waals surface area (Å²) in [6, 6.07) is 3.77. The van der Waals surface area contributed by atoms with Crippen LogP contribution in [-0.4, -0.2) is 30.8 Å². The first kappa shape index (κ1) is 11.2. The van der Waals surface area contributed by atoms with Gasteiger partial charge in [0.1, 0.15) is 5.82 Å². The second kappa shape index (κ2) is 4.08. The van der Waals surface area contributed by atoms with Crippen LogP contribution < -0.4 is 5.73 Å². The van der Waals surface area contributed by atoms with Crippen molar-refractivity contribution in [2.45, 2.75) is 0 Å². The van der Waals surface area contributed by atoms with Gasteiger partial charge in [-0.05, 0) is 12.1 Å². The molecule has 1 rings (SSSR count). The molecule has 80 valence electrons. The predicted molar refractivity (Wildman–Crippen MR) is 52.9 cm³/mol. The number of hydrogen-bond donors (Lipinski definition) is 1. The standard InChI is InChI=1S/C10H11FN2O2/c1-13(2)10(15)8-6(9(12)14)4-3-5-7(8)11/h3-5H,1-2H3,(H2,12,14). The number of carbonyl (C=O) groups is 2. The minimum absolute atomic E-state index is 0.103. The van der Waals surface area contributed by atoms with E-state index >= 15 is 0 Å². The summed E-state index contributed by atoms with van der Waals surface area (Å²) in [4.78, 5) is 23.7. The van der Waals surface area contributed by atoms with Crippen LogP contribution in [0.4, 0.5) is 4.39 Å². The zero-order valence-corrected chi connectivity index (χ0v) is 8.45. The molecule has 2 N–H and O–H groups in total. The summed E-state index contributed by atoms with van der Waals surface area (Å²) in [6.45, 7) is 0. The highest BCUT2D eigenvalue weighted by molar-refractivity contribution is 6.06. The maximum atomic E-state index is 13.4. The van der Waals surface area contributed by atoms with Gasteiger partial charge >= 0.3 is 0 Å². The summed E-state index contributed by atoms with van der Waals surface area (Å²) in [5.74, 6) is -2.15. The highest BCUT2D eigenvalue weighted by Crippen LogP contribution is 2.14. The number of carbonyl (C=O) groups excluding carboxylic acids is 2. The molecule has 5 heteroatoms. The Hall–Kier alpha value is -1.91. The third kappa shape index (κ3) is 2.12. The first-order valence-corrected chi connectivity index (χ1v) is 4.25. The van der Waals surface area contributed by atoms with Gasteiger partial charge in [0.05, 0.1) is 11.1 Å². The molecule has 1 aromatic rings. The summed E-state index contributed by atoms with van der Waals surface area (Å²) < 4.78 is 13.4. The van der Waals surface area contributed by atoms with E-state index < -0.39 is 17.6 Å². The average Bonchev–Trinajstić information content (AvgIpc) is 2.16. The van der Waals surface area contributed by atoms with Crippen LogP contribution in [0.5, 0.6) is 0 Å². The molecule has 0 bridgehead atoms. The smallest absolute Gasteiger partial charge is 0.257 e. The van der Waals surface area contributed by atoms with Crippen LogP contribution in [0.15, 0.2) is 18.2 Å². The van der Waals surface area contributed by atoms with E-state index in [2.05, 4.69) is 0 Å². The normalized spacial score (nSPS) is 9.80. The highest BCUT2D eigenvalue weighted by atomic mass is 19.1. The second-order valence-corrected chi connectivity index (χ2v) is 3.23. The number of nitrogens with two attached hydrogens (primary N) is 1. The summed E-state index contributed by atoms with van der Waals surface area (Å²) in [5.41, 5.74) is 4.66. The predicted octanol–water partition coefficient (Wildman–Crippen LogP) is 0.626. The van der Waals surface area contributed by atoms with Gasteiger partial charge in [-0.2, -0.15) is 0 Å². The summed E-state index contributed by atoms with van der Waals surface area (Å²) in [6.07, 6.45) is 0. The van der Waals surface area contributed by atoms with Crippen molar-refractivity contribution in [2.75, 3.05) is 14.1 Å². The van der Waals surface area contributed by atoms with Gasteiger partial charge in [-0.1, -0.05) is 6.07 Å². The molecular formula is C10H11FN2O2. The van der Waals surface area contributed by atoms with E-state index in [1.165, 1.54) is 31.1 Å². The Kier molecular flexibility index (Phi) is 3.04. The van der Waals surface area contributed by atoms with Gasteiger partial charge in [0.2, 0.25) is 5.91 Å². The van der Waals surface area contributed by atoms with E-state index in [0.717, 1.165) is 6.07 Å². The van der Waals surface area contributed by atoms with Gasteiger partial charge in [-0.3, -0.25) is 9.59 Å². The van der Waals surface area contributed by atoms with E-state index in [4.69, 9.17) is 5.73 Å². The first-order chi connectivity index (χ1) is 6.95. The highest BCUT2D eigenvalue weighted by Gasteiger charge is 2.20. The lowest BCUT2D eigenvalue weighted by molar-refractivity contribution is 0.0816. The van der Waals surface area contributed by atoms with Gasteiger partial charge in [-0.15, -0.1) is 0 Å². The molecule has 0 spiro atoms. The Labute approximate surface area is 86.5 Å². The lowest BCUT2D eigenvalue weighted by Gasteiger charge is -2.13. The molecule has 0 aliphatic heterocycles. The molecule has 0 heterocycles. The molecule has 1 aromatic carbocycles. The number of nitrogens with zero attached hydrogens (tertiary/aromatic N) is 1. The molecule has 0 aromatic heterocycles. The summed E-state index contributed by atoms with van der Waals surface area (Å²) >= 11 is 0. The van der Waals surface area contributed by atoms with Crippen LogP contribution in [0.3, 0.4) is 0 Å². The molecule has 0 fully saturated rings. The van der Waals surface area contributed by atoms with E-state index in [9.17, 15) is 14.0 Å². The van der Waals surface area contributed by atoms with Crippen molar-refractivity contribution >= 4 is 11.8 Å². The second-order valence-electron chi connectivity index (χ2n) is 3.23. The molecule has 4 nitrogen and oxygen atoms in total. The maximum Gasteiger partial charge on any atom is 0.257 e. The minimum atomic E-state index is -0.820. The van der Waals surface area contributed by atoms with Crippen molar-refractivity contribution in [3.05, 3.63) is 35.1 Å². The molecule has 15 heavy (non-hydrogen) atoms. The van der Waals surface area contributed by atoms with Crippen molar-refractivity contribution < 1.29 is 14.0 Å². The number of amides is 2. The van der Waals surface area contributed by atoms with E-state index in [1.807, 2.05) is 0 Å². The largest absolute Gasteiger partial charge is 0.366 e. The Morgan fingerprint density at radius 2 is 1.93 bits per heavy atom.